The molecule has 0 spiro atoms. The van der Waals surface area contributed by atoms with E-state index in [9.17, 15) is 34.3 Å². The average Bonchev–Trinajstić information content (AvgIpc) is 2.88. The Morgan fingerprint density at radius 3 is 2.38 bits per heavy atom. The highest BCUT2D eigenvalue weighted by molar-refractivity contribution is 9.10. The molecule has 2 atom stereocenters. The molecule has 39 heavy (non-hydrogen) atoms. The molecule has 17 heteroatoms. The molecule has 216 valence electrons. The summed E-state index contributed by atoms with van der Waals surface area (Å²) in [4.78, 5) is 58.8. The van der Waals surface area contributed by atoms with Gasteiger partial charge in [0, 0.05) is 30.9 Å². The number of likely N-dealkylation sites (N-methyl/N-ethyl adjacent to an activating group) is 1. The number of halogens is 1. The molecule has 0 fully saturated rings. The summed E-state index contributed by atoms with van der Waals surface area (Å²) < 4.78 is 0.430. The van der Waals surface area contributed by atoms with Crippen LogP contribution in [-0.2, 0) is 30.4 Å². The van der Waals surface area contributed by atoms with Crippen LogP contribution in [0.15, 0.2) is 27.8 Å². The lowest BCUT2D eigenvalue weighted by molar-refractivity contribution is -0.139. The Hall–Kier alpha value is -3.02. The molecule has 1 aromatic rings. The number of aliphatic carboxylic acids is 2. The zero-order chi connectivity index (χ0) is 29.4. The maximum absolute atomic E-state index is 12.4. The van der Waals surface area contributed by atoms with Crippen molar-refractivity contribution in [1.82, 2.24) is 21.3 Å². The van der Waals surface area contributed by atoms with Crippen LogP contribution in [-0.4, -0.2) is 99.6 Å². The first kappa shape index (κ1) is 34.0. The minimum absolute atomic E-state index is 0.00806. The molecular weight excluding hydrogens is 622 g/mol. The highest BCUT2D eigenvalue weighted by Gasteiger charge is 2.23. The van der Waals surface area contributed by atoms with Gasteiger partial charge in [-0.15, -0.1) is 0 Å². The van der Waals surface area contributed by atoms with Crippen LogP contribution in [0.5, 0.6) is 5.75 Å². The van der Waals surface area contributed by atoms with E-state index in [2.05, 4.69) is 42.4 Å². The van der Waals surface area contributed by atoms with E-state index in [0.29, 0.717) is 15.8 Å². The molecule has 0 bridgehead atoms. The standard InChI is InChI=1S/C22H30BrN5O9S2/c1-24-14(22(35)36)3-5-18(30)27-16(21(34)26-10-19(31)32)11-39-38-7-6-25-20(33)15(28-37)9-12-2-4-17(29)13(23)8-12/h2,4,8,14,16,24,29,37H,3,5-7,9-11H2,1H3,(H,25,33)(H,26,34)(H,27,30)(H,31,32)(H,35,36)/b28-15+/t14-,16-/m0/s1. The molecule has 0 saturated carbocycles. The Labute approximate surface area is 240 Å². The molecule has 0 heterocycles. The van der Waals surface area contributed by atoms with E-state index >= 15 is 0 Å². The van der Waals surface area contributed by atoms with E-state index in [4.69, 9.17) is 10.2 Å². The molecule has 0 aliphatic heterocycles. The smallest absolute Gasteiger partial charge is 0.322 e. The predicted molar refractivity (Wildman–Crippen MR) is 149 cm³/mol. The second kappa shape index (κ2) is 18.3. The van der Waals surface area contributed by atoms with Gasteiger partial charge in [-0.2, -0.15) is 0 Å². The number of carboxylic acid groups (broad SMARTS) is 2. The van der Waals surface area contributed by atoms with Gasteiger partial charge in [-0.05, 0) is 47.1 Å². The minimum atomic E-state index is -1.26. The fraction of sp³-hybridized carbons (Fsp3) is 0.455. The van der Waals surface area contributed by atoms with Crippen molar-refractivity contribution in [3.8, 4) is 5.75 Å². The highest BCUT2D eigenvalue weighted by atomic mass is 79.9. The van der Waals surface area contributed by atoms with Crippen LogP contribution >= 0.6 is 37.5 Å². The average molecular weight is 653 g/mol. The first-order valence-corrected chi connectivity index (χ1v) is 14.7. The molecule has 0 saturated heterocycles. The molecule has 0 radical (unpaired) electrons. The number of hydrogen-bond donors (Lipinski definition) is 8. The molecule has 0 unspecified atom stereocenters. The number of nitrogens with one attached hydrogen (secondary N) is 4. The molecule has 0 aliphatic rings. The fourth-order valence-electron chi connectivity index (χ4n) is 2.90. The first-order chi connectivity index (χ1) is 18.5. The lowest BCUT2D eigenvalue weighted by atomic mass is 10.1. The Kier molecular flexibility index (Phi) is 16.0. The number of nitrogens with zero attached hydrogens (tertiary/aromatic N) is 1. The number of oxime groups is 1. The van der Waals surface area contributed by atoms with E-state index < -0.39 is 48.3 Å². The largest absolute Gasteiger partial charge is 0.507 e. The minimum Gasteiger partial charge on any atom is -0.507 e. The summed E-state index contributed by atoms with van der Waals surface area (Å²) in [6.45, 7) is -0.441. The van der Waals surface area contributed by atoms with Gasteiger partial charge in [-0.25, -0.2) is 0 Å². The summed E-state index contributed by atoms with van der Waals surface area (Å²) in [5.74, 6) is -3.75. The molecule has 1 rings (SSSR count). The van der Waals surface area contributed by atoms with Gasteiger partial charge < -0.3 is 41.8 Å². The van der Waals surface area contributed by atoms with Crippen LogP contribution in [0.4, 0.5) is 0 Å². The number of carboxylic acids is 2. The lowest BCUT2D eigenvalue weighted by Gasteiger charge is -2.18. The summed E-state index contributed by atoms with van der Waals surface area (Å²) in [6.07, 6.45) is -0.149. The van der Waals surface area contributed by atoms with Crippen molar-refractivity contribution in [2.24, 2.45) is 5.16 Å². The summed E-state index contributed by atoms with van der Waals surface area (Å²) >= 11 is 3.17. The number of carbonyl (C=O) groups is 5. The van der Waals surface area contributed by atoms with Gasteiger partial charge in [0.15, 0.2) is 0 Å². The van der Waals surface area contributed by atoms with Gasteiger partial charge in [-0.1, -0.05) is 32.8 Å². The number of phenols is 1. The number of rotatable bonds is 18. The molecule has 14 nitrogen and oxygen atoms in total. The van der Waals surface area contributed by atoms with Crippen LogP contribution in [0.2, 0.25) is 0 Å². The summed E-state index contributed by atoms with van der Waals surface area (Å²) in [6, 6.07) is 2.60. The summed E-state index contributed by atoms with van der Waals surface area (Å²) in [5, 5.41) is 49.5. The normalized spacial score (nSPS) is 12.7. The van der Waals surface area contributed by atoms with Crippen molar-refractivity contribution in [3.05, 3.63) is 28.2 Å². The van der Waals surface area contributed by atoms with Gasteiger partial charge in [0.05, 0.1) is 4.47 Å². The molecule has 8 N–H and O–H groups in total. The Morgan fingerprint density at radius 1 is 1.08 bits per heavy atom. The second-order valence-corrected chi connectivity index (χ2v) is 11.3. The maximum Gasteiger partial charge on any atom is 0.322 e. The summed E-state index contributed by atoms with van der Waals surface area (Å²) in [5.41, 5.74) is 0.498. The third-order valence-electron chi connectivity index (χ3n) is 4.93. The number of carbonyl (C=O) groups excluding carboxylic acids is 3. The SMILES string of the molecule is CN[C@@H](CCC(=O)N[C@@H](CSSCCNC(=O)/C(Cc1ccc(O)c(Br)c1)=N/O)C(=O)NCC(=O)O)C(=O)O. The van der Waals surface area contributed by atoms with E-state index in [1.54, 1.807) is 12.1 Å². The van der Waals surface area contributed by atoms with Crippen molar-refractivity contribution in [1.29, 1.82) is 0 Å². The number of phenolic OH excluding ortho intramolecular Hbond substituents is 1. The fourth-order valence-corrected chi connectivity index (χ4v) is 5.40. The summed E-state index contributed by atoms with van der Waals surface area (Å²) in [7, 11) is 3.92. The topological polar surface area (TPSA) is 227 Å². The van der Waals surface area contributed by atoms with E-state index in [0.717, 1.165) is 0 Å². The molecule has 0 aromatic heterocycles. The molecular formula is C22H30BrN5O9S2. The monoisotopic (exact) mass is 651 g/mol. The van der Waals surface area contributed by atoms with E-state index in [-0.39, 0.29) is 43.0 Å². The zero-order valence-corrected chi connectivity index (χ0v) is 24.0. The number of amides is 3. The zero-order valence-electron chi connectivity index (χ0n) is 20.8. The van der Waals surface area contributed by atoms with Crippen molar-refractivity contribution in [2.45, 2.75) is 31.3 Å². The Morgan fingerprint density at radius 2 is 1.79 bits per heavy atom. The first-order valence-electron chi connectivity index (χ1n) is 11.4. The van der Waals surface area contributed by atoms with E-state index in [1.807, 2.05) is 0 Å². The predicted octanol–water partition coefficient (Wildman–Crippen LogP) is 0.163. The van der Waals surface area contributed by atoms with Crippen LogP contribution in [0.1, 0.15) is 18.4 Å². The molecule has 1 aromatic carbocycles. The van der Waals surface area contributed by atoms with Crippen LogP contribution in [0.3, 0.4) is 0 Å². The van der Waals surface area contributed by atoms with Gasteiger partial charge >= 0.3 is 11.9 Å². The second-order valence-electron chi connectivity index (χ2n) is 7.82. The van der Waals surface area contributed by atoms with Crippen molar-refractivity contribution < 1.29 is 44.5 Å². The van der Waals surface area contributed by atoms with E-state index in [1.165, 1.54) is 34.7 Å². The van der Waals surface area contributed by atoms with Crippen LogP contribution in [0.25, 0.3) is 0 Å². The maximum atomic E-state index is 12.4. The molecule has 0 aliphatic carbocycles. The van der Waals surface area contributed by atoms with Crippen molar-refractivity contribution >= 4 is 72.9 Å². The van der Waals surface area contributed by atoms with Gasteiger partial charge in [0.1, 0.15) is 30.1 Å². The van der Waals surface area contributed by atoms with Crippen molar-refractivity contribution in [2.75, 3.05) is 31.6 Å². The Balaban J connectivity index is 2.52. The van der Waals surface area contributed by atoms with Crippen molar-refractivity contribution in [3.63, 3.8) is 0 Å². The van der Waals surface area contributed by atoms with Crippen LogP contribution in [0, 0.1) is 0 Å². The molecule has 3 amide bonds. The lowest BCUT2D eigenvalue weighted by Crippen LogP contribution is -2.49. The van der Waals surface area contributed by atoms with Crippen LogP contribution < -0.4 is 21.3 Å². The Bertz CT molecular complexity index is 1060. The third-order valence-corrected chi connectivity index (χ3v) is 7.98. The van der Waals surface area contributed by atoms with Gasteiger partial charge in [-0.3, -0.25) is 24.0 Å². The highest BCUT2D eigenvalue weighted by Crippen LogP contribution is 2.24. The quantitative estimate of drug-likeness (QED) is 0.0349. The third kappa shape index (κ3) is 13.6. The number of hydrogen-bond acceptors (Lipinski definition) is 11. The number of benzene rings is 1. The van der Waals surface area contributed by atoms with Gasteiger partial charge in [0.2, 0.25) is 11.8 Å². The van der Waals surface area contributed by atoms with Gasteiger partial charge in [0.25, 0.3) is 5.91 Å². The number of aromatic hydroxyl groups is 1.